The van der Waals surface area contributed by atoms with E-state index in [0.717, 1.165) is 59.8 Å². The van der Waals surface area contributed by atoms with Gasteiger partial charge >= 0.3 is 0 Å². The minimum absolute atomic E-state index is 0.402. The van der Waals surface area contributed by atoms with Crippen LogP contribution in [0.5, 0.6) is 11.5 Å². The number of carbonyl (C=O) groups is 1. The van der Waals surface area contributed by atoms with Crippen LogP contribution in [0.2, 0.25) is 0 Å². The van der Waals surface area contributed by atoms with Crippen molar-refractivity contribution in [2.75, 3.05) is 14.2 Å². The summed E-state index contributed by atoms with van der Waals surface area (Å²) in [4.78, 5) is 16.8. The molecular formula is C23H29N3O3S. The Labute approximate surface area is 181 Å². The topological polar surface area (TPSA) is 79.4 Å². The lowest BCUT2D eigenvalue weighted by atomic mass is 10.1. The van der Waals surface area contributed by atoms with Crippen molar-refractivity contribution in [3.63, 3.8) is 0 Å². The number of rotatable bonds is 10. The van der Waals surface area contributed by atoms with Crippen molar-refractivity contribution in [3.8, 4) is 22.1 Å². The number of hydrogen-bond donors (Lipinski definition) is 1. The normalized spacial score (nSPS) is 10.9. The van der Waals surface area contributed by atoms with Crippen LogP contribution in [0.1, 0.15) is 47.1 Å². The second kappa shape index (κ2) is 9.80. The molecule has 0 bridgehead atoms. The molecule has 0 aliphatic carbocycles. The summed E-state index contributed by atoms with van der Waals surface area (Å²) < 4.78 is 13.0. The highest BCUT2D eigenvalue weighted by molar-refractivity contribution is 7.13. The van der Waals surface area contributed by atoms with Crippen molar-refractivity contribution in [1.82, 2.24) is 9.55 Å². The summed E-state index contributed by atoms with van der Waals surface area (Å²) in [7, 11) is 3.27. The molecule has 1 amide bonds. The van der Waals surface area contributed by atoms with Crippen LogP contribution >= 0.6 is 11.3 Å². The Morgan fingerprint density at radius 1 is 1.20 bits per heavy atom. The van der Waals surface area contributed by atoms with E-state index in [1.54, 1.807) is 20.4 Å². The number of thiazole rings is 1. The maximum absolute atomic E-state index is 12.4. The van der Waals surface area contributed by atoms with Crippen molar-refractivity contribution in [2.45, 2.75) is 46.1 Å². The van der Waals surface area contributed by atoms with Gasteiger partial charge in [-0.1, -0.05) is 19.4 Å². The number of nitrogens with zero attached hydrogens (tertiary/aromatic N) is 2. The lowest BCUT2D eigenvalue weighted by Crippen LogP contribution is -2.14. The molecule has 0 radical (unpaired) electrons. The first kappa shape index (κ1) is 21.9. The molecule has 3 rings (SSSR count). The number of unbranched alkanes of at least 4 members (excludes halogenated alkanes) is 1. The van der Waals surface area contributed by atoms with Crippen molar-refractivity contribution in [2.24, 2.45) is 5.73 Å². The number of amides is 1. The molecule has 1 aromatic carbocycles. The first-order valence-corrected chi connectivity index (χ1v) is 11.0. The second-order valence-corrected chi connectivity index (χ2v) is 8.07. The number of aromatic nitrogens is 2. The molecule has 0 aliphatic rings. The predicted octanol–water partition coefficient (Wildman–Crippen LogP) is 4.62. The van der Waals surface area contributed by atoms with E-state index in [-0.39, 0.29) is 0 Å². The Kier molecular flexibility index (Phi) is 7.15. The van der Waals surface area contributed by atoms with Crippen molar-refractivity contribution >= 4 is 17.2 Å². The highest BCUT2D eigenvalue weighted by Crippen LogP contribution is 2.35. The highest BCUT2D eigenvalue weighted by atomic mass is 32.1. The molecule has 6 nitrogen and oxygen atoms in total. The van der Waals surface area contributed by atoms with E-state index in [0.29, 0.717) is 17.1 Å². The molecule has 0 unspecified atom stereocenters. The maximum atomic E-state index is 12.4. The number of methoxy groups -OCH3 is 2. The fourth-order valence-electron chi connectivity index (χ4n) is 3.86. The second-order valence-electron chi connectivity index (χ2n) is 7.18. The van der Waals surface area contributed by atoms with Gasteiger partial charge in [0.2, 0.25) is 0 Å². The number of nitrogens with two attached hydrogens (primary N) is 1. The summed E-state index contributed by atoms with van der Waals surface area (Å²) in [6.07, 6.45) is 5.56. The molecule has 30 heavy (non-hydrogen) atoms. The van der Waals surface area contributed by atoms with Crippen molar-refractivity contribution in [3.05, 3.63) is 52.3 Å². The van der Waals surface area contributed by atoms with Crippen LogP contribution in [-0.4, -0.2) is 29.7 Å². The van der Waals surface area contributed by atoms with Gasteiger partial charge in [-0.2, -0.15) is 0 Å². The zero-order valence-electron chi connectivity index (χ0n) is 18.0. The van der Waals surface area contributed by atoms with E-state index in [4.69, 9.17) is 15.2 Å². The van der Waals surface area contributed by atoms with Gasteiger partial charge in [0.15, 0.2) is 11.5 Å². The average molecular weight is 428 g/mol. The van der Waals surface area contributed by atoms with Crippen LogP contribution in [0, 0.1) is 6.92 Å². The summed E-state index contributed by atoms with van der Waals surface area (Å²) in [6.45, 7) is 4.88. The molecule has 3 aromatic rings. The summed E-state index contributed by atoms with van der Waals surface area (Å²) in [6, 6.07) is 5.97. The number of ether oxygens (including phenoxy) is 2. The summed E-state index contributed by atoms with van der Waals surface area (Å²) in [5.41, 5.74) is 10.5. The van der Waals surface area contributed by atoms with Crippen LogP contribution in [0.15, 0.2) is 29.8 Å². The van der Waals surface area contributed by atoms with Crippen LogP contribution in [0.4, 0.5) is 0 Å². The maximum Gasteiger partial charge on any atom is 0.251 e. The van der Waals surface area contributed by atoms with Crippen LogP contribution < -0.4 is 15.2 Å². The molecule has 2 N–H and O–H groups in total. The molecule has 2 aromatic heterocycles. The molecule has 0 fully saturated rings. The molecule has 0 saturated heterocycles. The minimum atomic E-state index is -0.402. The van der Waals surface area contributed by atoms with Gasteiger partial charge in [-0.05, 0) is 43.9 Å². The molecule has 7 heteroatoms. The number of aryl methyl sites for hydroxylation is 1. The van der Waals surface area contributed by atoms with E-state index in [1.165, 1.54) is 11.3 Å². The minimum Gasteiger partial charge on any atom is -0.493 e. The first-order chi connectivity index (χ1) is 14.5. The quantitative estimate of drug-likeness (QED) is 0.512. The van der Waals surface area contributed by atoms with E-state index < -0.39 is 5.91 Å². The monoisotopic (exact) mass is 427 g/mol. The van der Waals surface area contributed by atoms with Gasteiger partial charge < -0.3 is 19.8 Å². The number of hydrogen-bond acceptors (Lipinski definition) is 5. The van der Waals surface area contributed by atoms with Gasteiger partial charge in [0.25, 0.3) is 5.91 Å². The summed E-state index contributed by atoms with van der Waals surface area (Å²) in [5.74, 6) is 1.02. The van der Waals surface area contributed by atoms with E-state index in [2.05, 4.69) is 16.5 Å². The van der Waals surface area contributed by atoms with Gasteiger partial charge in [-0.15, -0.1) is 11.3 Å². The Balaban J connectivity index is 2.01. The van der Waals surface area contributed by atoms with Gasteiger partial charge in [0.1, 0.15) is 5.01 Å². The average Bonchev–Trinajstić information content (AvgIpc) is 3.36. The van der Waals surface area contributed by atoms with E-state index in [9.17, 15) is 4.79 Å². The Bertz CT molecular complexity index is 1010. The number of primary amides is 1. The van der Waals surface area contributed by atoms with Gasteiger partial charge in [-0.3, -0.25) is 4.79 Å². The standard InChI is InChI=1S/C23H29N3O3S/c1-5-6-7-17-21(23-25-11-13-30-23)20(22(24)27)15(2)26(17)12-10-16-8-9-18(28-3)19(14-16)29-4/h8-9,11,13-14H,5-7,10,12H2,1-4H3,(H2,24,27). The third-order valence-corrected chi connectivity index (χ3v) is 6.15. The van der Waals surface area contributed by atoms with Gasteiger partial charge in [-0.25, -0.2) is 4.98 Å². The zero-order chi connectivity index (χ0) is 21.7. The van der Waals surface area contributed by atoms with Crippen molar-refractivity contribution < 1.29 is 14.3 Å². The molecule has 2 heterocycles. The molecular weight excluding hydrogens is 398 g/mol. The third-order valence-electron chi connectivity index (χ3n) is 5.36. The lowest BCUT2D eigenvalue weighted by molar-refractivity contribution is 0.1000. The Morgan fingerprint density at radius 3 is 2.57 bits per heavy atom. The fourth-order valence-corrected chi connectivity index (χ4v) is 4.57. The smallest absolute Gasteiger partial charge is 0.251 e. The van der Waals surface area contributed by atoms with Crippen LogP contribution in [0.3, 0.4) is 0 Å². The van der Waals surface area contributed by atoms with Crippen LogP contribution in [0.25, 0.3) is 10.6 Å². The molecule has 160 valence electrons. The van der Waals surface area contributed by atoms with Gasteiger partial charge in [0.05, 0.1) is 19.8 Å². The zero-order valence-corrected chi connectivity index (χ0v) is 18.8. The van der Waals surface area contributed by atoms with Gasteiger partial charge in [0, 0.05) is 35.1 Å². The number of benzene rings is 1. The third kappa shape index (κ3) is 4.36. The SMILES string of the molecule is CCCCc1c(-c2nccs2)c(C(N)=O)c(C)n1CCc1ccc(OC)c(OC)c1. The Morgan fingerprint density at radius 2 is 1.97 bits per heavy atom. The first-order valence-electron chi connectivity index (χ1n) is 10.1. The van der Waals surface area contributed by atoms with E-state index >= 15 is 0 Å². The Hall–Kier alpha value is -2.80. The highest BCUT2D eigenvalue weighted by Gasteiger charge is 2.25. The largest absolute Gasteiger partial charge is 0.493 e. The summed E-state index contributed by atoms with van der Waals surface area (Å²) in [5, 5.41) is 2.78. The van der Waals surface area contributed by atoms with E-state index in [1.807, 2.05) is 30.5 Å². The molecule has 0 saturated carbocycles. The van der Waals surface area contributed by atoms with Crippen LogP contribution in [-0.2, 0) is 19.4 Å². The molecule has 0 aliphatic heterocycles. The lowest BCUT2D eigenvalue weighted by Gasteiger charge is -2.14. The molecule has 0 atom stereocenters. The van der Waals surface area contributed by atoms with Crippen molar-refractivity contribution in [1.29, 1.82) is 0 Å². The summed E-state index contributed by atoms with van der Waals surface area (Å²) >= 11 is 1.54. The molecule has 0 spiro atoms. The fraction of sp³-hybridized carbons (Fsp3) is 0.391. The number of carbonyl (C=O) groups excluding carboxylic acids is 1. The predicted molar refractivity (Wildman–Crippen MR) is 121 cm³/mol.